The molecule has 8 heteroatoms. The molecule has 156 valence electrons. The van der Waals surface area contributed by atoms with Gasteiger partial charge in [0.15, 0.2) is 0 Å². The van der Waals surface area contributed by atoms with Crippen LogP contribution in [0.4, 0.5) is 15.9 Å². The van der Waals surface area contributed by atoms with Gasteiger partial charge in [0.05, 0.1) is 31.9 Å². The summed E-state index contributed by atoms with van der Waals surface area (Å²) in [5.41, 5.74) is 2.69. The Morgan fingerprint density at radius 2 is 1.80 bits per heavy atom. The number of aromatic amines is 1. The normalized spacial score (nSPS) is 11.2. The first-order valence-electron chi connectivity index (χ1n) is 9.77. The lowest BCUT2D eigenvalue weighted by molar-refractivity contribution is 0.0325. The van der Waals surface area contributed by atoms with Crippen LogP contribution in [0, 0.1) is 0 Å². The van der Waals surface area contributed by atoms with E-state index in [1.54, 1.807) is 6.20 Å². The molecule has 4 rings (SSSR count). The van der Waals surface area contributed by atoms with E-state index in [2.05, 4.69) is 20.3 Å². The summed E-state index contributed by atoms with van der Waals surface area (Å²) in [6.45, 7) is 1.29. The maximum atomic E-state index is 11.9. The standard InChI is InChI=1S/C22H23FN4O3/c23-7-9-28-10-11-29-12-13-30-17-3-1-2-16(14-17)25-21-5-4-18-19-15-24-8-6-20(19)26-22(18)27-21/h1-6,8,14-15H,7,9-13H2,(H2,25,26,27). The summed E-state index contributed by atoms with van der Waals surface area (Å²) in [6, 6.07) is 13.6. The number of benzene rings is 1. The molecule has 0 amide bonds. The van der Waals surface area contributed by atoms with Gasteiger partial charge in [-0.3, -0.25) is 4.98 Å². The summed E-state index contributed by atoms with van der Waals surface area (Å²) >= 11 is 0. The van der Waals surface area contributed by atoms with Crippen LogP contribution in [-0.2, 0) is 9.47 Å². The molecule has 3 aromatic heterocycles. The second-order valence-corrected chi connectivity index (χ2v) is 6.55. The number of fused-ring (bicyclic) bond motifs is 3. The number of hydrogen-bond acceptors (Lipinski definition) is 6. The fourth-order valence-electron chi connectivity index (χ4n) is 3.09. The molecule has 2 N–H and O–H groups in total. The van der Waals surface area contributed by atoms with Crippen LogP contribution in [0.5, 0.6) is 5.75 Å². The summed E-state index contributed by atoms with van der Waals surface area (Å²) in [5, 5.41) is 5.40. The van der Waals surface area contributed by atoms with E-state index < -0.39 is 6.67 Å². The van der Waals surface area contributed by atoms with Crippen LogP contribution in [0.1, 0.15) is 0 Å². The van der Waals surface area contributed by atoms with Crippen molar-refractivity contribution in [3.63, 3.8) is 0 Å². The van der Waals surface area contributed by atoms with Crippen LogP contribution >= 0.6 is 0 Å². The van der Waals surface area contributed by atoms with Crippen LogP contribution in [0.25, 0.3) is 21.9 Å². The molecule has 0 bridgehead atoms. The summed E-state index contributed by atoms with van der Waals surface area (Å²) in [5.74, 6) is 1.46. The van der Waals surface area contributed by atoms with E-state index in [1.165, 1.54) is 0 Å². The van der Waals surface area contributed by atoms with E-state index in [-0.39, 0.29) is 6.61 Å². The lowest BCUT2D eigenvalue weighted by Crippen LogP contribution is -2.11. The average molecular weight is 410 g/mol. The first-order chi connectivity index (χ1) is 14.8. The zero-order valence-electron chi connectivity index (χ0n) is 16.4. The van der Waals surface area contributed by atoms with Crippen LogP contribution in [-0.4, -0.2) is 54.7 Å². The van der Waals surface area contributed by atoms with Crippen LogP contribution in [0.15, 0.2) is 54.9 Å². The van der Waals surface area contributed by atoms with Crippen molar-refractivity contribution in [2.24, 2.45) is 0 Å². The number of hydrogen-bond donors (Lipinski definition) is 2. The Bertz CT molecular complexity index is 1100. The van der Waals surface area contributed by atoms with E-state index in [9.17, 15) is 4.39 Å². The minimum atomic E-state index is -0.476. The number of ether oxygens (including phenoxy) is 3. The predicted molar refractivity (Wildman–Crippen MR) is 114 cm³/mol. The maximum absolute atomic E-state index is 11.9. The van der Waals surface area contributed by atoms with E-state index in [1.807, 2.05) is 48.7 Å². The zero-order chi connectivity index (χ0) is 20.6. The number of nitrogens with zero attached hydrogens (tertiary/aromatic N) is 2. The molecule has 0 atom stereocenters. The van der Waals surface area contributed by atoms with Crippen molar-refractivity contribution in [3.05, 3.63) is 54.9 Å². The predicted octanol–water partition coefficient (Wildman–Crippen LogP) is 4.24. The maximum Gasteiger partial charge on any atom is 0.140 e. The van der Waals surface area contributed by atoms with Gasteiger partial charge in [0, 0.05) is 34.9 Å². The number of pyridine rings is 2. The van der Waals surface area contributed by atoms with Gasteiger partial charge in [-0.15, -0.1) is 0 Å². The molecule has 0 aliphatic carbocycles. The highest BCUT2D eigenvalue weighted by atomic mass is 19.1. The molecule has 0 saturated heterocycles. The number of aromatic nitrogens is 3. The average Bonchev–Trinajstić information content (AvgIpc) is 3.14. The first kappa shape index (κ1) is 20.1. The molecule has 0 fully saturated rings. The number of anilines is 2. The van der Waals surface area contributed by atoms with Gasteiger partial charge in [0.2, 0.25) is 0 Å². The van der Waals surface area contributed by atoms with Crippen molar-refractivity contribution in [1.29, 1.82) is 0 Å². The van der Waals surface area contributed by atoms with Crippen molar-refractivity contribution >= 4 is 33.4 Å². The van der Waals surface area contributed by atoms with Crippen molar-refractivity contribution in [2.75, 3.05) is 45.0 Å². The largest absolute Gasteiger partial charge is 0.491 e. The van der Waals surface area contributed by atoms with E-state index in [4.69, 9.17) is 14.2 Å². The lowest BCUT2D eigenvalue weighted by Gasteiger charge is -2.10. The Labute approximate surface area is 173 Å². The van der Waals surface area contributed by atoms with E-state index >= 15 is 0 Å². The number of alkyl halides is 1. The number of rotatable bonds is 11. The third kappa shape index (κ3) is 5.03. The molecule has 0 spiro atoms. The molecule has 0 aliphatic heterocycles. The van der Waals surface area contributed by atoms with E-state index in [0.717, 1.165) is 39.2 Å². The molecule has 30 heavy (non-hydrogen) atoms. The first-order valence-corrected chi connectivity index (χ1v) is 9.77. The summed E-state index contributed by atoms with van der Waals surface area (Å²) in [7, 11) is 0. The van der Waals surface area contributed by atoms with Gasteiger partial charge in [-0.05, 0) is 30.3 Å². The second-order valence-electron chi connectivity index (χ2n) is 6.55. The molecule has 4 aromatic rings. The smallest absolute Gasteiger partial charge is 0.140 e. The summed E-state index contributed by atoms with van der Waals surface area (Å²) < 4.78 is 28.0. The molecular weight excluding hydrogens is 387 g/mol. The Morgan fingerprint density at radius 1 is 0.933 bits per heavy atom. The van der Waals surface area contributed by atoms with Crippen LogP contribution in [0.3, 0.4) is 0 Å². The molecular formula is C22H23FN4O3. The lowest BCUT2D eigenvalue weighted by atomic mass is 10.2. The molecule has 7 nitrogen and oxygen atoms in total. The second kappa shape index (κ2) is 10.00. The Balaban J connectivity index is 1.32. The third-order valence-corrected chi connectivity index (χ3v) is 4.46. The van der Waals surface area contributed by atoms with Crippen LogP contribution in [0.2, 0.25) is 0 Å². The molecule has 0 aliphatic rings. The monoisotopic (exact) mass is 410 g/mol. The van der Waals surface area contributed by atoms with Gasteiger partial charge in [-0.2, -0.15) is 0 Å². The Kier molecular flexibility index (Phi) is 6.68. The molecule has 0 saturated carbocycles. The molecule has 1 aromatic carbocycles. The van der Waals surface area contributed by atoms with Crippen molar-refractivity contribution < 1.29 is 18.6 Å². The molecule has 3 heterocycles. The minimum absolute atomic E-state index is 0.110. The molecule has 0 unspecified atom stereocenters. The van der Waals surface area contributed by atoms with Gasteiger partial charge in [-0.1, -0.05) is 6.07 Å². The van der Waals surface area contributed by atoms with Gasteiger partial charge in [0.1, 0.15) is 30.5 Å². The van der Waals surface area contributed by atoms with Gasteiger partial charge < -0.3 is 24.5 Å². The van der Waals surface area contributed by atoms with Crippen molar-refractivity contribution in [1.82, 2.24) is 15.0 Å². The van der Waals surface area contributed by atoms with E-state index in [0.29, 0.717) is 26.4 Å². The minimum Gasteiger partial charge on any atom is -0.491 e. The van der Waals surface area contributed by atoms with Gasteiger partial charge >= 0.3 is 0 Å². The third-order valence-electron chi connectivity index (χ3n) is 4.46. The highest BCUT2D eigenvalue weighted by Crippen LogP contribution is 2.26. The zero-order valence-corrected chi connectivity index (χ0v) is 16.4. The highest BCUT2D eigenvalue weighted by molar-refractivity contribution is 6.05. The summed E-state index contributed by atoms with van der Waals surface area (Å²) in [4.78, 5) is 12.2. The molecule has 0 radical (unpaired) electrons. The van der Waals surface area contributed by atoms with Crippen molar-refractivity contribution in [3.8, 4) is 5.75 Å². The van der Waals surface area contributed by atoms with Crippen molar-refractivity contribution in [2.45, 2.75) is 0 Å². The number of H-pyrrole nitrogens is 1. The Hall–Kier alpha value is -3.23. The summed E-state index contributed by atoms with van der Waals surface area (Å²) in [6.07, 6.45) is 3.60. The van der Waals surface area contributed by atoms with Gasteiger partial charge in [0.25, 0.3) is 0 Å². The number of halogens is 1. The fraction of sp³-hybridized carbons (Fsp3) is 0.273. The number of nitrogens with one attached hydrogen (secondary N) is 2. The van der Waals surface area contributed by atoms with Gasteiger partial charge in [-0.25, -0.2) is 9.37 Å². The highest BCUT2D eigenvalue weighted by Gasteiger charge is 2.07. The SMILES string of the molecule is FCCOCCOCCOc1cccc(Nc2ccc3c(n2)[nH]c2ccncc23)c1. The Morgan fingerprint density at radius 3 is 2.70 bits per heavy atom. The fourth-order valence-corrected chi connectivity index (χ4v) is 3.09. The quantitative estimate of drug-likeness (QED) is 0.360. The topological polar surface area (TPSA) is 81.3 Å². The van der Waals surface area contributed by atoms with Crippen LogP contribution < -0.4 is 10.1 Å².